The maximum atomic E-state index is 14.1. The predicted octanol–water partition coefficient (Wildman–Crippen LogP) is 5.48. The zero-order chi connectivity index (χ0) is 26.0. The molecule has 0 spiro atoms. The van der Waals surface area contributed by atoms with E-state index in [9.17, 15) is 18.0 Å². The molecule has 0 N–H and O–H groups in total. The summed E-state index contributed by atoms with van der Waals surface area (Å²) in [5, 5.41) is 0. The molecule has 0 bridgehead atoms. The first-order valence-corrected chi connectivity index (χ1v) is 11.2. The van der Waals surface area contributed by atoms with Gasteiger partial charge in [-0.25, -0.2) is 23.1 Å². The Kier molecular flexibility index (Phi) is 7.14. The Balaban J connectivity index is 1.78. The van der Waals surface area contributed by atoms with E-state index in [1.807, 2.05) is 13.8 Å². The Morgan fingerprint density at radius 1 is 1.00 bits per heavy atom. The summed E-state index contributed by atoms with van der Waals surface area (Å²) < 4.78 is 48.0. The van der Waals surface area contributed by atoms with Crippen molar-refractivity contribution in [3.8, 4) is 22.8 Å². The highest BCUT2D eigenvalue weighted by Crippen LogP contribution is 2.30. The number of hydrogen-bond acceptors (Lipinski definition) is 6. The van der Waals surface area contributed by atoms with Gasteiger partial charge in [0.05, 0.1) is 29.0 Å². The first-order valence-electron chi connectivity index (χ1n) is 11.2. The Morgan fingerprint density at radius 2 is 1.78 bits per heavy atom. The number of alkyl halides is 2. The average Bonchev–Trinajstić information content (AvgIpc) is 2.84. The van der Waals surface area contributed by atoms with Gasteiger partial charge in [-0.05, 0) is 43.7 Å². The summed E-state index contributed by atoms with van der Waals surface area (Å²) in [6, 6.07) is 7.30. The minimum atomic E-state index is -3.09. The molecule has 0 aromatic carbocycles. The zero-order valence-corrected chi connectivity index (χ0v) is 20.2. The van der Waals surface area contributed by atoms with Crippen LogP contribution in [-0.4, -0.2) is 24.5 Å². The van der Waals surface area contributed by atoms with Crippen LogP contribution in [0.1, 0.15) is 54.5 Å². The van der Waals surface area contributed by atoms with Gasteiger partial charge in [-0.2, -0.15) is 0 Å². The van der Waals surface area contributed by atoms with Crippen molar-refractivity contribution in [3.05, 3.63) is 93.4 Å². The molecule has 4 heterocycles. The van der Waals surface area contributed by atoms with E-state index in [0.717, 1.165) is 6.20 Å². The molecule has 0 saturated carbocycles. The predicted molar refractivity (Wildman–Crippen MR) is 128 cm³/mol. The van der Waals surface area contributed by atoms with Crippen LogP contribution in [0.15, 0.2) is 53.7 Å². The molecule has 0 atom stereocenters. The highest BCUT2D eigenvalue weighted by molar-refractivity contribution is 5.59. The fourth-order valence-corrected chi connectivity index (χ4v) is 3.67. The third-order valence-corrected chi connectivity index (χ3v) is 5.54. The maximum Gasteiger partial charge on any atom is 0.272 e. The van der Waals surface area contributed by atoms with Gasteiger partial charge < -0.3 is 4.74 Å². The van der Waals surface area contributed by atoms with Gasteiger partial charge in [0.15, 0.2) is 0 Å². The molecule has 0 unspecified atom stereocenters. The molecule has 0 radical (unpaired) electrons. The summed E-state index contributed by atoms with van der Waals surface area (Å²) in [6.07, 6.45) is 1.12. The van der Waals surface area contributed by atoms with Gasteiger partial charge in [0, 0.05) is 30.1 Å². The van der Waals surface area contributed by atoms with E-state index in [4.69, 9.17) is 4.74 Å². The smallest absolute Gasteiger partial charge is 0.272 e. The summed E-state index contributed by atoms with van der Waals surface area (Å²) >= 11 is 0. The van der Waals surface area contributed by atoms with Gasteiger partial charge in [0.25, 0.3) is 12.0 Å². The van der Waals surface area contributed by atoms with E-state index < -0.39 is 23.4 Å². The molecule has 0 aliphatic carbocycles. The van der Waals surface area contributed by atoms with Crippen molar-refractivity contribution in [3.63, 3.8) is 0 Å². The number of hydrogen-bond donors (Lipinski definition) is 0. The van der Waals surface area contributed by atoms with E-state index in [1.165, 1.54) is 22.8 Å². The van der Waals surface area contributed by atoms with Crippen molar-refractivity contribution in [2.45, 2.75) is 46.6 Å². The molecule has 0 aliphatic heterocycles. The molecule has 186 valence electrons. The maximum absolute atomic E-state index is 14.1. The fraction of sp³-hybridized carbons (Fsp3) is 0.269. The van der Waals surface area contributed by atoms with E-state index in [2.05, 4.69) is 19.9 Å². The van der Waals surface area contributed by atoms with Crippen LogP contribution in [0.25, 0.3) is 17.1 Å². The minimum absolute atomic E-state index is 0.103. The summed E-state index contributed by atoms with van der Waals surface area (Å²) in [5.74, 6) is -0.0352. The second-order valence-electron chi connectivity index (χ2n) is 8.57. The topological polar surface area (TPSA) is 82.8 Å². The lowest BCUT2D eigenvalue weighted by Crippen LogP contribution is -2.26. The Labute approximate surface area is 205 Å². The van der Waals surface area contributed by atoms with Gasteiger partial charge in [0.2, 0.25) is 0 Å². The zero-order valence-electron chi connectivity index (χ0n) is 20.2. The summed E-state index contributed by atoms with van der Waals surface area (Å²) in [5.41, 5.74) is 1.10. The second-order valence-corrected chi connectivity index (χ2v) is 8.57. The van der Waals surface area contributed by atoms with Gasteiger partial charge in [0.1, 0.15) is 29.6 Å². The Hall–Kier alpha value is -4.08. The molecular weight excluding hydrogens is 471 g/mol. The summed E-state index contributed by atoms with van der Waals surface area (Å²) in [7, 11) is 0. The molecule has 0 fully saturated rings. The molecule has 7 nitrogen and oxygen atoms in total. The highest BCUT2D eigenvalue weighted by atomic mass is 19.3. The minimum Gasteiger partial charge on any atom is -0.487 e. The molecular formula is C26H24F3N5O2. The van der Waals surface area contributed by atoms with Crippen molar-refractivity contribution >= 4 is 0 Å². The molecule has 36 heavy (non-hydrogen) atoms. The number of rotatable bonds is 7. The van der Waals surface area contributed by atoms with Crippen molar-refractivity contribution < 1.29 is 17.9 Å². The lowest BCUT2D eigenvalue weighted by atomic mass is 10.1. The second kappa shape index (κ2) is 10.3. The summed E-state index contributed by atoms with van der Waals surface area (Å²) in [4.78, 5) is 30.4. The lowest BCUT2D eigenvalue weighted by Gasteiger charge is -2.18. The van der Waals surface area contributed by atoms with Crippen LogP contribution >= 0.6 is 0 Å². The molecule has 0 saturated heterocycles. The molecule has 4 aromatic heterocycles. The number of aryl methyl sites for hydroxylation is 2. The molecule has 4 aromatic rings. The number of ether oxygens (including phenoxy) is 1. The fourth-order valence-electron chi connectivity index (χ4n) is 3.67. The molecule has 10 heteroatoms. The van der Waals surface area contributed by atoms with Crippen LogP contribution in [0.5, 0.6) is 5.75 Å². The molecule has 4 rings (SSSR count). The van der Waals surface area contributed by atoms with Gasteiger partial charge >= 0.3 is 0 Å². The van der Waals surface area contributed by atoms with Gasteiger partial charge in [-0.3, -0.25) is 19.3 Å². The first kappa shape index (κ1) is 25.0. The number of pyridine rings is 3. The third-order valence-electron chi connectivity index (χ3n) is 5.54. The monoisotopic (exact) mass is 495 g/mol. The van der Waals surface area contributed by atoms with E-state index in [1.54, 1.807) is 38.4 Å². The normalized spacial score (nSPS) is 11.4. The Bertz CT molecular complexity index is 1450. The SMILES string of the molecule is Cc1cnc(-c2ccnc(C(C)C)n2)cc1-n1c(C)cc(OCc2ccc(F)cn2)c(C(F)F)c1=O. The first-order chi connectivity index (χ1) is 17.2. The highest BCUT2D eigenvalue weighted by Gasteiger charge is 2.24. The Morgan fingerprint density at radius 3 is 2.44 bits per heavy atom. The van der Waals surface area contributed by atoms with E-state index >= 15 is 0 Å². The standard InChI is InChI=1S/C26H24F3N5O2/c1-14(2)25-30-8-7-19(33-25)20-10-21(15(3)11-32-20)34-16(4)9-22(23(24(28)29)26(34)35)36-13-18-6-5-17(27)12-31-18/h5-12,14,24H,13H2,1-4H3. The number of nitrogens with zero attached hydrogens (tertiary/aromatic N) is 5. The van der Waals surface area contributed by atoms with Gasteiger partial charge in [-0.15, -0.1) is 0 Å². The van der Waals surface area contributed by atoms with Crippen LogP contribution in [0.3, 0.4) is 0 Å². The van der Waals surface area contributed by atoms with Crippen molar-refractivity contribution in [1.82, 2.24) is 24.5 Å². The van der Waals surface area contributed by atoms with E-state index in [-0.39, 0.29) is 18.3 Å². The van der Waals surface area contributed by atoms with Crippen LogP contribution in [0.2, 0.25) is 0 Å². The van der Waals surface area contributed by atoms with Crippen LogP contribution in [0.4, 0.5) is 13.2 Å². The number of aromatic nitrogens is 5. The van der Waals surface area contributed by atoms with Crippen molar-refractivity contribution in [1.29, 1.82) is 0 Å². The third kappa shape index (κ3) is 5.12. The quantitative estimate of drug-likeness (QED) is 0.338. The average molecular weight is 496 g/mol. The van der Waals surface area contributed by atoms with Crippen LogP contribution < -0.4 is 10.3 Å². The van der Waals surface area contributed by atoms with E-state index in [0.29, 0.717) is 39.9 Å². The molecule has 0 aliphatic rings. The van der Waals surface area contributed by atoms with Crippen LogP contribution in [0, 0.1) is 19.7 Å². The van der Waals surface area contributed by atoms with Crippen molar-refractivity contribution in [2.75, 3.05) is 0 Å². The van der Waals surface area contributed by atoms with Gasteiger partial charge in [-0.1, -0.05) is 13.8 Å². The number of halogens is 3. The van der Waals surface area contributed by atoms with Crippen LogP contribution in [-0.2, 0) is 6.61 Å². The largest absolute Gasteiger partial charge is 0.487 e. The van der Waals surface area contributed by atoms with Crippen molar-refractivity contribution in [2.24, 2.45) is 0 Å². The molecule has 0 amide bonds. The lowest BCUT2D eigenvalue weighted by molar-refractivity contribution is 0.142. The summed E-state index contributed by atoms with van der Waals surface area (Å²) in [6.45, 7) is 7.10.